The SMILES string of the molecule is O=C(COc1ccc(OCc2ccccc2)cc1)N[C@@H]1CCCc2ccccc21. The van der Waals surface area contributed by atoms with Gasteiger partial charge in [-0.25, -0.2) is 0 Å². The molecule has 4 nitrogen and oxygen atoms in total. The Bertz CT molecular complexity index is 938. The lowest BCUT2D eigenvalue weighted by Crippen LogP contribution is -2.34. The molecule has 0 saturated carbocycles. The van der Waals surface area contributed by atoms with Gasteiger partial charge < -0.3 is 14.8 Å². The van der Waals surface area contributed by atoms with Gasteiger partial charge in [0.15, 0.2) is 6.61 Å². The highest BCUT2D eigenvalue weighted by Gasteiger charge is 2.21. The van der Waals surface area contributed by atoms with Crippen LogP contribution in [0.4, 0.5) is 0 Å². The average Bonchev–Trinajstić information content (AvgIpc) is 2.78. The van der Waals surface area contributed by atoms with Gasteiger partial charge in [-0.15, -0.1) is 0 Å². The topological polar surface area (TPSA) is 47.6 Å². The van der Waals surface area contributed by atoms with E-state index in [0.29, 0.717) is 12.4 Å². The van der Waals surface area contributed by atoms with Gasteiger partial charge in [-0.05, 0) is 60.2 Å². The van der Waals surface area contributed by atoms with Crippen LogP contribution < -0.4 is 14.8 Å². The molecule has 3 aromatic rings. The van der Waals surface area contributed by atoms with Crippen molar-refractivity contribution in [1.82, 2.24) is 5.32 Å². The number of hydrogen-bond acceptors (Lipinski definition) is 3. The molecule has 4 rings (SSSR count). The van der Waals surface area contributed by atoms with E-state index in [2.05, 4.69) is 23.5 Å². The minimum atomic E-state index is -0.101. The predicted octanol–water partition coefficient (Wildman–Crippen LogP) is 4.84. The van der Waals surface area contributed by atoms with Crippen LogP contribution in [0.3, 0.4) is 0 Å². The summed E-state index contributed by atoms with van der Waals surface area (Å²) < 4.78 is 11.4. The van der Waals surface area contributed by atoms with Gasteiger partial charge in [-0.2, -0.15) is 0 Å². The van der Waals surface area contributed by atoms with E-state index >= 15 is 0 Å². The molecule has 0 bridgehead atoms. The molecule has 29 heavy (non-hydrogen) atoms. The Morgan fingerprint density at radius 1 is 0.862 bits per heavy atom. The van der Waals surface area contributed by atoms with Crippen molar-refractivity contribution in [3.05, 3.63) is 95.6 Å². The average molecular weight is 387 g/mol. The first-order valence-corrected chi connectivity index (χ1v) is 10.0. The third-order valence-electron chi connectivity index (χ3n) is 5.15. The van der Waals surface area contributed by atoms with Gasteiger partial charge >= 0.3 is 0 Å². The minimum absolute atomic E-state index is 0.00286. The van der Waals surface area contributed by atoms with Gasteiger partial charge in [0.1, 0.15) is 18.1 Å². The van der Waals surface area contributed by atoms with E-state index in [4.69, 9.17) is 9.47 Å². The monoisotopic (exact) mass is 387 g/mol. The molecule has 3 aromatic carbocycles. The van der Waals surface area contributed by atoms with Crippen LogP contribution in [0.15, 0.2) is 78.9 Å². The molecule has 0 fully saturated rings. The number of ether oxygens (including phenoxy) is 2. The summed E-state index contributed by atoms with van der Waals surface area (Å²) in [5.41, 5.74) is 3.68. The molecule has 0 saturated heterocycles. The molecule has 0 aliphatic heterocycles. The Hall–Kier alpha value is -3.27. The molecule has 0 spiro atoms. The Morgan fingerprint density at radius 2 is 1.55 bits per heavy atom. The fourth-order valence-corrected chi connectivity index (χ4v) is 3.66. The molecule has 0 heterocycles. The first kappa shape index (κ1) is 19.1. The molecular formula is C25H25NO3. The number of benzene rings is 3. The largest absolute Gasteiger partial charge is 0.489 e. The van der Waals surface area contributed by atoms with Crippen LogP contribution in [0.2, 0.25) is 0 Å². The number of nitrogens with one attached hydrogen (secondary N) is 1. The fourth-order valence-electron chi connectivity index (χ4n) is 3.66. The van der Waals surface area contributed by atoms with Crippen LogP contribution in [-0.4, -0.2) is 12.5 Å². The van der Waals surface area contributed by atoms with Crippen molar-refractivity contribution < 1.29 is 14.3 Å². The zero-order chi connectivity index (χ0) is 19.9. The lowest BCUT2D eigenvalue weighted by atomic mass is 9.88. The molecular weight excluding hydrogens is 362 g/mol. The summed E-state index contributed by atoms with van der Waals surface area (Å²) in [5, 5.41) is 3.11. The van der Waals surface area contributed by atoms with Gasteiger partial charge in [0.2, 0.25) is 0 Å². The smallest absolute Gasteiger partial charge is 0.258 e. The van der Waals surface area contributed by atoms with E-state index in [1.165, 1.54) is 11.1 Å². The van der Waals surface area contributed by atoms with E-state index in [0.717, 1.165) is 30.6 Å². The number of aryl methyl sites for hydroxylation is 1. The number of carbonyl (C=O) groups is 1. The van der Waals surface area contributed by atoms with Crippen molar-refractivity contribution in [3.63, 3.8) is 0 Å². The number of fused-ring (bicyclic) bond motifs is 1. The summed E-state index contributed by atoms with van der Waals surface area (Å²) in [6.07, 6.45) is 3.14. The van der Waals surface area contributed by atoms with Gasteiger partial charge in [0, 0.05) is 0 Å². The molecule has 1 aliphatic rings. The van der Waals surface area contributed by atoms with Crippen LogP contribution in [0.25, 0.3) is 0 Å². The van der Waals surface area contributed by atoms with Gasteiger partial charge in [-0.1, -0.05) is 54.6 Å². The van der Waals surface area contributed by atoms with Crippen molar-refractivity contribution in [2.75, 3.05) is 6.61 Å². The van der Waals surface area contributed by atoms with Gasteiger partial charge in [-0.3, -0.25) is 4.79 Å². The number of carbonyl (C=O) groups excluding carboxylic acids is 1. The molecule has 0 aromatic heterocycles. The van der Waals surface area contributed by atoms with Crippen LogP contribution in [-0.2, 0) is 17.8 Å². The summed E-state index contributed by atoms with van der Waals surface area (Å²) >= 11 is 0. The van der Waals surface area contributed by atoms with E-state index in [9.17, 15) is 4.79 Å². The van der Waals surface area contributed by atoms with Crippen LogP contribution in [0.5, 0.6) is 11.5 Å². The Kier molecular flexibility index (Phi) is 6.10. The first-order valence-electron chi connectivity index (χ1n) is 10.0. The third kappa shape index (κ3) is 5.17. The maximum absolute atomic E-state index is 12.4. The van der Waals surface area contributed by atoms with E-state index in [1.54, 1.807) is 0 Å². The Morgan fingerprint density at radius 3 is 2.34 bits per heavy atom. The summed E-state index contributed by atoms with van der Waals surface area (Å²) in [4.78, 5) is 12.4. The number of amides is 1. The Labute approximate surface area is 171 Å². The van der Waals surface area contributed by atoms with Crippen molar-refractivity contribution in [2.45, 2.75) is 31.9 Å². The zero-order valence-electron chi connectivity index (χ0n) is 16.3. The second-order valence-electron chi connectivity index (χ2n) is 7.25. The van der Waals surface area contributed by atoms with Crippen molar-refractivity contribution >= 4 is 5.91 Å². The van der Waals surface area contributed by atoms with Crippen LogP contribution in [0, 0.1) is 0 Å². The highest BCUT2D eigenvalue weighted by atomic mass is 16.5. The quantitative estimate of drug-likeness (QED) is 0.631. The highest BCUT2D eigenvalue weighted by Crippen LogP contribution is 2.29. The van der Waals surface area contributed by atoms with Crippen molar-refractivity contribution in [2.24, 2.45) is 0 Å². The molecule has 0 radical (unpaired) electrons. The zero-order valence-corrected chi connectivity index (χ0v) is 16.3. The maximum Gasteiger partial charge on any atom is 0.258 e. The number of hydrogen-bond donors (Lipinski definition) is 1. The van der Waals surface area contributed by atoms with Gasteiger partial charge in [0.05, 0.1) is 6.04 Å². The summed E-state index contributed by atoms with van der Waals surface area (Å²) in [6.45, 7) is 0.523. The highest BCUT2D eigenvalue weighted by molar-refractivity contribution is 5.78. The molecule has 4 heteroatoms. The van der Waals surface area contributed by atoms with Gasteiger partial charge in [0.25, 0.3) is 5.91 Å². The molecule has 1 amide bonds. The number of rotatable bonds is 7. The second kappa shape index (κ2) is 9.28. The van der Waals surface area contributed by atoms with E-state index in [-0.39, 0.29) is 18.6 Å². The molecule has 1 N–H and O–H groups in total. The first-order chi connectivity index (χ1) is 14.3. The molecule has 148 valence electrons. The predicted molar refractivity (Wildman–Crippen MR) is 113 cm³/mol. The summed E-state index contributed by atoms with van der Waals surface area (Å²) in [7, 11) is 0. The summed E-state index contributed by atoms with van der Waals surface area (Å²) in [6, 6.07) is 25.8. The molecule has 1 atom stereocenters. The molecule has 0 unspecified atom stereocenters. The van der Waals surface area contributed by atoms with Crippen LogP contribution in [0.1, 0.15) is 35.6 Å². The molecule has 1 aliphatic carbocycles. The van der Waals surface area contributed by atoms with Crippen molar-refractivity contribution in [3.8, 4) is 11.5 Å². The third-order valence-corrected chi connectivity index (χ3v) is 5.15. The lowest BCUT2D eigenvalue weighted by molar-refractivity contribution is -0.123. The normalized spacial score (nSPS) is 15.2. The standard InChI is InChI=1S/C25H25NO3/c27-25(26-24-12-6-10-20-9-4-5-11-23(20)24)18-29-22-15-13-21(14-16-22)28-17-19-7-2-1-3-8-19/h1-5,7-9,11,13-16,24H,6,10,12,17-18H2,(H,26,27)/t24-/m1/s1. The minimum Gasteiger partial charge on any atom is -0.489 e. The maximum atomic E-state index is 12.4. The Balaban J connectivity index is 1.25. The lowest BCUT2D eigenvalue weighted by Gasteiger charge is -2.26. The second-order valence-corrected chi connectivity index (χ2v) is 7.25. The van der Waals surface area contributed by atoms with E-state index < -0.39 is 0 Å². The van der Waals surface area contributed by atoms with Crippen molar-refractivity contribution in [1.29, 1.82) is 0 Å². The van der Waals surface area contributed by atoms with Crippen LogP contribution >= 0.6 is 0 Å². The fraction of sp³-hybridized carbons (Fsp3) is 0.240. The summed E-state index contributed by atoms with van der Waals surface area (Å²) in [5.74, 6) is 1.32. The van der Waals surface area contributed by atoms with E-state index in [1.807, 2.05) is 60.7 Å².